The third-order valence-corrected chi connectivity index (χ3v) is 2.91. The van der Waals surface area contributed by atoms with Gasteiger partial charge in [0.15, 0.2) is 0 Å². The van der Waals surface area contributed by atoms with Crippen molar-refractivity contribution in [1.29, 1.82) is 0 Å². The van der Waals surface area contributed by atoms with E-state index in [-0.39, 0.29) is 0 Å². The van der Waals surface area contributed by atoms with Gasteiger partial charge in [-0.25, -0.2) is 0 Å². The smallest absolute Gasteiger partial charge is 0.130 e. The van der Waals surface area contributed by atoms with Crippen LogP contribution in [0.5, 0.6) is 5.75 Å². The van der Waals surface area contributed by atoms with Crippen molar-refractivity contribution >= 4 is 0 Å². The highest BCUT2D eigenvalue weighted by Gasteiger charge is 2.14. The van der Waals surface area contributed by atoms with Crippen LogP contribution in [0.2, 0.25) is 0 Å². The summed E-state index contributed by atoms with van der Waals surface area (Å²) in [5.41, 5.74) is 8.10. The fourth-order valence-electron chi connectivity index (χ4n) is 2.14. The van der Waals surface area contributed by atoms with E-state index in [0.29, 0.717) is 0 Å². The van der Waals surface area contributed by atoms with Crippen LogP contribution in [0.3, 0.4) is 0 Å². The Labute approximate surface area is 108 Å². The van der Waals surface area contributed by atoms with E-state index >= 15 is 0 Å². The van der Waals surface area contributed by atoms with Crippen LogP contribution >= 0.6 is 0 Å². The van der Waals surface area contributed by atoms with E-state index in [0.717, 1.165) is 36.3 Å². The van der Waals surface area contributed by atoms with Crippen molar-refractivity contribution in [2.75, 3.05) is 13.7 Å². The minimum atomic E-state index is 0.824. The molecule has 0 saturated carbocycles. The number of nitrogens with zero attached hydrogens (tertiary/aromatic N) is 1. The maximum absolute atomic E-state index is 5.78. The molecule has 0 bridgehead atoms. The third kappa shape index (κ3) is 2.51. The van der Waals surface area contributed by atoms with Crippen molar-refractivity contribution in [3.8, 4) is 16.9 Å². The fraction of sp³-hybridized carbons (Fsp3) is 0.267. The van der Waals surface area contributed by atoms with Crippen LogP contribution in [0.4, 0.5) is 0 Å². The number of aromatic nitrogens is 1. The lowest BCUT2D eigenvalue weighted by atomic mass is 9.99. The minimum Gasteiger partial charge on any atom is -0.493 e. The summed E-state index contributed by atoms with van der Waals surface area (Å²) >= 11 is 0. The second-order valence-electron chi connectivity index (χ2n) is 3.99. The van der Waals surface area contributed by atoms with Gasteiger partial charge in [-0.15, -0.1) is 0 Å². The molecule has 0 unspecified atom stereocenters. The van der Waals surface area contributed by atoms with Gasteiger partial charge in [0.05, 0.1) is 6.61 Å². The monoisotopic (exact) mass is 242 g/mol. The molecule has 94 valence electrons. The number of rotatable bonds is 1. The summed E-state index contributed by atoms with van der Waals surface area (Å²) in [7, 11) is 1.50. The lowest BCUT2D eigenvalue weighted by Gasteiger charge is -2.20. The Morgan fingerprint density at radius 1 is 1.17 bits per heavy atom. The van der Waals surface area contributed by atoms with E-state index in [9.17, 15) is 0 Å². The number of benzene rings is 1. The lowest BCUT2D eigenvalue weighted by molar-refractivity contribution is 0.289. The summed E-state index contributed by atoms with van der Waals surface area (Å²) in [4.78, 5) is 4.15. The van der Waals surface area contributed by atoms with Crippen molar-refractivity contribution in [3.05, 3.63) is 48.3 Å². The van der Waals surface area contributed by atoms with Gasteiger partial charge in [0.25, 0.3) is 0 Å². The van der Waals surface area contributed by atoms with Crippen molar-refractivity contribution < 1.29 is 4.74 Å². The molecular weight excluding hydrogens is 224 g/mol. The molecule has 1 aromatic heterocycles. The Hall–Kier alpha value is -1.87. The van der Waals surface area contributed by atoms with Crippen molar-refractivity contribution in [2.24, 2.45) is 5.73 Å². The van der Waals surface area contributed by atoms with Crippen LogP contribution in [0.15, 0.2) is 42.7 Å². The molecule has 0 spiro atoms. The molecule has 1 aromatic carbocycles. The maximum Gasteiger partial charge on any atom is 0.130 e. The summed E-state index contributed by atoms with van der Waals surface area (Å²) in [5, 5.41) is 0. The van der Waals surface area contributed by atoms with Crippen LogP contribution < -0.4 is 10.5 Å². The number of pyridine rings is 1. The van der Waals surface area contributed by atoms with Gasteiger partial charge in [-0.1, -0.05) is 24.3 Å². The predicted octanol–water partition coefficient (Wildman–Crippen LogP) is 2.65. The van der Waals surface area contributed by atoms with Gasteiger partial charge in [0.2, 0.25) is 0 Å². The number of hydrogen-bond donors (Lipinski definition) is 1. The molecule has 0 fully saturated rings. The van der Waals surface area contributed by atoms with E-state index in [1.165, 1.54) is 12.6 Å². The first kappa shape index (κ1) is 12.6. The average molecular weight is 242 g/mol. The number of para-hydroxylation sites is 1. The lowest BCUT2D eigenvalue weighted by Crippen LogP contribution is -2.09. The highest BCUT2D eigenvalue weighted by atomic mass is 16.5. The summed E-state index contributed by atoms with van der Waals surface area (Å²) in [5.74, 6) is 1.04. The first-order valence-corrected chi connectivity index (χ1v) is 6.18. The summed E-state index contributed by atoms with van der Waals surface area (Å²) < 4.78 is 5.78. The number of ether oxygens (including phenoxy) is 1. The molecule has 2 N–H and O–H groups in total. The van der Waals surface area contributed by atoms with E-state index in [2.05, 4.69) is 35.0 Å². The van der Waals surface area contributed by atoms with Gasteiger partial charge in [-0.05, 0) is 31.5 Å². The Morgan fingerprint density at radius 3 is 2.83 bits per heavy atom. The van der Waals surface area contributed by atoms with Crippen LogP contribution in [0.25, 0.3) is 11.1 Å². The zero-order valence-electron chi connectivity index (χ0n) is 10.6. The zero-order valence-corrected chi connectivity index (χ0v) is 10.6. The van der Waals surface area contributed by atoms with E-state index in [1.807, 2.05) is 12.3 Å². The highest BCUT2D eigenvalue weighted by Crippen LogP contribution is 2.35. The van der Waals surface area contributed by atoms with Gasteiger partial charge in [0, 0.05) is 23.5 Å². The largest absolute Gasteiger partial charge is 0.493 e. The quantitative estimate of drug-likeness (QED) is 0.836. The standard InChI is InChI=1S/C14H13NO.CH5N/c1-4-11-6-3-9-16-14(11)13(7-1)12-5-2-8-15-10-12;1-2/h1-2,4-5,7-8,10H,3,6,9H2;2H2,1H3. The molecule has 0 atom stereocenters. The topological polar surface area (TPSA) is 48.1 Å². The van der Waals surface area contributed by atoms with Crippen LogP contribution in [0.1, 0.15) is 12.0 Å². The first-order valence-electron chi connectivity index (χ1n) is 6.18. The second kappa shape index (κ2) is 6.17. The average Bonchev–Trinajstić information content (AvgIpc) is 2.50. The summed E-state index contributed by atoms with van der Waals surface area (Å²) in [6, 6.07) is 10.4. The Bertz CT molecular complexity index is 497. The molecule has 2 heterocycles. The van der Waals surface area contributed by atoms with Crippen LogP contribution in [-0.4, -0.2) is 18.6 Å². The summed E-state index contributed by atoms with van der Waals surface area (Å²) in [6.45, 7) is 0.824. The Morgan fingerprint density at radius 2 is 2.06 bits per heavy atom. The Kier molecular flexibility index (Phi) is 4.31. The van der Waals surface area contributed by atoms with Gasteiger partial charge in [-0.2, -0.15) is 0 Å². The molecule has 0 amide bonds. The molecule has 3 nitrogen and oxygen atoms in total. The Balaban J connectivity index is 0.000000574. The fourth-order valence-corrected chi connectivity index (χ4v) is 2.14. The molecule has 1 aliphatic heterocycles. The van der Waals surface area contributed by atoms with Crippen molar-refractivity contribution in [3.63, 3.8) is 0 Å². The maximum atomic E-state index is 5.78. The van der Waals surface area contributed by atoms with E-state index in [4.69, 9.17) is 4.74 Å². The van der Waals surface area contributed by atoms with Gasteiger partial charge in [-0.3, -0.25) is 4.98 Å². The summed E-state index contributed by atoms with van der Waals surface area (Å²) in [6.07, 6.45) is 5.90. The molecular formula is C15H18N2O. The van der Waals surface area contributed by atoms with Crippen LogP contribution in [-0.2, 0) is 6.42 Å². The van der Waals surface area contributed by atoms with Crippen molar-refractivity contribution in [2.45, 2.75) is 12.8 Å². The van der Waals surface area contributed by atoms with Crippen molar-refractivity contribution in [1.82, 2.24) is 4.98 Å². The molecule has 18 heavy (non-hydrogen) atoms. The zero-order chi connectivity index (χ0) is 12.8. The SMILES string of the molecule is CN.c1cncc(-c2cccc3c2OCCC3)c1. The molecule has 0 aliphatic carbocycles. The highest BCUT2D eigenvalue weighted by molar-refractivity contribution is 5.71. The number of nitrogens with two attached hydrogens (primary N) is 1. The number of fused-ring (bicyclic) bond motifs is 1. The van der Waals surface area contributed by atoms with Gasteiger partial charge < -0.3 is 10.5 Å². The van der Waals surface area contributed by atoms with Gasteiger partial charge in [0.1, 0.15) is 5.75 Å². The molecule has 3 heteroatoms. The number of aryl methyl sites for hydroxylation is 1. The minimum absolute atomic E-state index is 0.824. The first-order chi connectivity index (χ1) is 8.95. The second-order valence-corrected chi connectivity index (χ2v) is 3.99. The predicted molar refractivity (Wildman–Crippen MR) is 73.6 cm³/mol. The molecule has 0 radical (unpaired) electrons. The van der Waals surface area contributed by atoms with Crippen LogP contribution in [0, 0.1) is 0 Å². The van der Waals surface area contributed by atoms with E-state index in [1.54, 1.807) is 6.20 Å². The third-order valence-electron chi connectivity index (χ3n) is 2.91. The molecule has 0 saturated heterocycles. The molecule has 1 aliphatic rings. The van der Waals surface area contributed by atoms with E-state index < -0.39 is 0 Å². The molecule has 3 rings (SSSR count). The van der Waals surface area contributed by atoms with Gasteiger partial charge >= 0.3 is 0 Å². The molecule has 2 aromatic rings. The normalized spacial score (nSPS) is 12.8. The number of hydrogen-bond acceptors (Lipinski definition) is 3.